The van der Waals surface area contributed by atoms with Crippen LogP contribution in [0.25, 0.3) is 0 Å². The fourth-order valence-electron chi connectivity index (χ4n) is 0.511. The first-order chi connectivity index (χ1) is 4.76. The van der Waals surface area contributed by atoms with Crippen LogP contribution in [-0.4, -0.2) is 11.4 Å². The summed E-state index contributed by atoms with van der Waals surface area (Å²) in [6.45, 7) is 3.45. The van der Waals surface area contributed by atoms with Crippen LogP contribution < -0.4 is 0 Å². The normalized spacial score (nSPS) is 11.6. The molecule has 0 heterocycles. The van der Waals surface area contributed by atoms with Crippen molar-refractivity contribution in [2.24, 2.45) is 5.92 Å². The maximum absolute atomic E-state index is 10.8. The number of rotatable bonds is 3. The average Bonchev–Trinajstić information content (AvgIpc) is 1.99. The lowest BCUT2D eigenvalue weighted by Gasteiger charge is -1.99. The summed E-state index contributed by atoms with van der Waals surface area (Å²) in [6.07, 6.45) is 3.72. The van der Waals surface area contributed by atoms with Gasteiger partial charge in [0.15, 0.2) is 0 Å². The summed E-state index contributed by atoms with van der Waals surface area (Å²) in [5, 5.41) is 8.35. The molecule has 0 radical (unpaired) electrons. The summed E-state index contributed by atoms with van der Waals surface area (Å²) >= 11 is 1.09. The molecule has 0 spiro atoms. The third kappa shape index (κ3) is 2.70. The number of hydrogen-bond acceptors (Lipinski definition) is 3. The Morgan fingerprint density at radius 1 is 2.00 bits per heavy atom. The first-order valence-corrected chi connectivity index (χ1v) is 4.07. The van der Waals surface area contributed by atoms with Gasteiger partial charge in [-0.1, -0.05) is 17.8 Å². The highest BCUT2D eigenvalue weighted by Crippen LogP contribution is 2.10. The molecule has 0 aromatic carbocycles. The Morgan fingerprint density at radius 2 is 2.60 bits per heavy atom. The van der Waals surface area contributed by atoms with Crippen molar-refractivity contribution in [3.05, 3.63) is 12.7 Å². The number of nitriles is 1. The van der Waals surface area contributed by atoms with Gasteiger partial charge in [-0.3, -0.25) is 4.79 Å². The van der Waals surface area contributed by atoms with Crippen molar-refractivity contribution in [2.45, 2.75) is 6.42 Å². The molecule has 10 heavy (non-hydrogen) atoms. The smallest absolute Gasteiger partial charge is 0.206 e. The van der Waals surface area contributed by atoms with E-state index in [0.717, 1.165) is 11.8 Å². The molecule has 0 bridgehead atoms. The van der Waals surface area contributed by atoms with Gasteiger partial charge in [0.25, 0.3) is 0 Å². The van der Waals surface area contributed by atoms with Crippen molar-refractivity contribution < 1.29 is 4.79 Å². The minimum absolute atomic E-state index is 0.0811. The highest BCUT2D eigenvalue weighted by Gasteiger charge is 2.13. The molecule has 1 unspecified atom stereocenters. The first-order valence-electron chi connectivity index (χ1n) is 2.84. The van der Waals surface area contributed by atoms with E-state index in [-0.39, 0.29) is 5.12 Å². The van der Waals surface area contributed by atoms with Crippen molar-refractivity contribution in [3.8, 4) is 6.07 Å². The van der Waals surface area contributed by atoms with Crippen LogP contribution in [0, 0.1) is 17.2 Å². The molecule has 0 aliphatic carbocycles. The summed E-state index contributed by atoms with van der Waals surface area (Å²) in [7, 11) is 0. The third-order valence-corrected chi connectivity index (χ3v) is 1.73. The van der Waals surface area contributed by atoms with Crippen LogP contribution in [0.4, 0.5) is 0 Å². The van der Waals surface area contributed by atoms with E-state index in [1.165, 1.54) is 0 Å². The minimum atomic E-state index is -0.507. The summed E-state index contributed by atoms with van der Waals surface area (Å²) in [5.74, 6) is -0.507. The highest BCUT2D eigenvalue weighted by atomic mass is 32.2. The number of nitrogens with zero attached hydrogens (tertiary/aromatic N) is 1. The van der Waals surface area contributed by atoms with Crippen LogP contribution in [0.5, 0.6) is 0 Å². The van der Waals surface area contributed by atoms with Crippen LogP contribution in [-0.2, 0) is 4.79 Å². The van der Waals surface area contributed by atoms with Crippen molar-refractivity contribution in [1.82, 2.24) is 0 Å². The van der Waals surface area contributed by atoms with E-state index >= 15 is 0 Å². The lowest BCUT2D eigenvalue weighted by molar-refractivity contribution is -0.112. The van der Waals surface area contributed by atoms with Crippen molar-refractivity contribution in [2.75, 3.05) is 6.26 Å². The highest BCUT2D eigenvalue weighted by molar-refractivity contribution is 8.13. The van der Waals surface area contributed by atoms with E-state index in [9.17, 15) is 4.79 Å². The summed E-state index contributed by atoms with van der Waals surface area (Å²) in [6, 6.07) is 1.91. The largest absolute Gasteiger partial charge is 0.286 e. The fraction of sp³-hybridized carbons (Fsp3) is 0.429. The quantitative estimate of drug-likeness (QED) is 0.581. The first kappa shape index (κ1) is 9.25. The predicted octanol–water partition coefficient (Wildman–Crippen LogP) is 1.59. The number of thioether (sulfide) groups is 1. The second kappa shape index (κ2) is 5.07. The van der Waals surface area contributed by atoms with Crippen LogP contribution in [0.1, 0.15) is 6.42 Å². The van der Waals surface area contributed by atoms with Gasteiger partial charge in [-0.25, -0.2) is 0 Å². The SMILES string of the molecule is C=CCC(C#N)C(=O)SC. The van der Waals surface area contributed by atoms with Crippen molar-refractivity contribution in [1.29, 1.82) is 5.26 Å². The summed E-state index contributed by atoms with van der Waals surface area (Å²) in [5.41, 5.74) is 0. The van der Waals surface area contributed by atoms with Crippen LogP contribution in [0.15, 0.2) is 12.7 Å². The van der Waals surface area contributed by atoms with Crippen LogP contribution in [0.3, 0.4) is 0 Å². The molecule has 0 aliphatic rings. The van der Waals surface area contributed by atoms with Crippen LogP contribution >= 0.6 is 11.8 Å². The second-order valence-corrected chi connectivity index (χ2v) is 2.54. The molecule has 0 N–H and O–H groups in total. The van der Waals surface area contributed by atoms with Gasteiger partial charge < -0.3 is 0 Å². The summed E-state index contributed by atoms with van der Waals surface area (Å²) in [4.78, 5) is 10.8. The molecule has 0 saturated carbocycles. The standard InChI is InChI=1S/C7H9NOS/c1-3-4-6(5-8)7(9)10-2/h3,6H,1,4H2,2H3. The van der Waals surface area contributed by atoms with Gasteiger partial charge in [0.2, 0.25) is 5.12 Å². The zero-order valence-electron chi connectivity index (χ0n) is 5.83. The van der Waals surface area contributed by atoms with Crippen molar-refractivity contribution >= 4 is 16.9 Å². The van der Waals surface area contributed by atoms with Crippen LogP contribution in [0.2, 0.25) is 0 Å². The molecule has 0 aromatic rings. The lowest BCUT2D eigenvalue weighted by atomic mass is 10.1. The molecule has 0 aromatic heterocycles. The molecular formula is C7H9NOS. The lowest BCUT2D eigenvalue weighted by Crippen LogP contribution is -2.06. The molecule has 0 aliphatic heterocycles. The van der Waals surface area contributed by atoms with E-state index in [0.29, 0.717) is 6.42 Å². The van der Waals surface area contributed by atoms with Gasteiger partial charge in [0, 0.05) is 0 Å². The molecule has 0 rings (SSSR count). The van der Waals surface area contributed by atoms with E-state index < -0.39 is 5.92 Å². The Hall–Kier alpha value is -0.750. The molecular weight excluding hydrogens is 146 g/mol. The molecule has 0 saturated heterocycles. The topological polar surface area (TPSA) is 40.9 Å². The van der Waals surface area contributed by atoms with Gasteiger partial charge >= 0.3 is 0 Å². The number of allylic oxidation sites excluding steroid dienone is 1. The second-order valence-electron chi connectivity index (χ2n) is 1.73. The molecule has 0 amide bonds. The molecule has 3 heteroatoms. The van der Waals surface area contributed by atoms with Gasteiger partial charge in [0.05, 0.1) is 6.07 Å². The van der Waals surface area contributed by atoms with E-state index in [2.05, 4.69) is 6.58 Å². The van der Waals surface area contributed by atoms with Gasteiger partial charge in [-0.15, -0.1) is 6.58 Å². The fourth-order valence-corrected chi connectivity index (χ4v) is 0.944. The maximum atomic E-state index is 10.8. The van der Waals surface area contributed by atoms with E-state index in [4.69, 9.17) is 5.26 Å². The maximum Gasteiger partial charge on any atom is 0.206 e. The van der Waals surface area contributed by atoms with E-state index in [1.807, 2.05) is 6.07 Å². The van der Waals surface area contributed by atoms with Crippen molar-refractivity contribution in [3.63, 3.8) is 0 Å². The Balaban J connectivity index is 3.96. The monoisotopic (exact) mass is 155 g/mol. The summed E-state index contributed by atoms with van der Waals surface area (Å²) < 4.78 is 0. The predicted molar refractivity (Wildman–Crippen MR) is 42.4 cm³/mol. The zero-order chi connectivity index (χ0) is 7.98. The Kier molecular flexibility index (Phi) is 4.69. The Morgan fingerprint density at radius 3 is 2.90 bits per heavy atom. The number of carbonyl (C=O) groups is 1. The molecule has 1 atom stereocenters. The third-order valence-electron chi connectivity index (χ3n) is 1.04. The van der Waals surface area contributed by atoms with Gasteiger partial charge in [-0.2, -0.15) is 5.26 Å². The molecule has 54 valence electrons. The minimum Gasteiger partial charge on any atom is -0.286 e. The Bertz CT molecular complexity index is 171. The Labute approximate surface area is 64.9 Å². The zero-order valence-corrected chi connectivity index (χ0v) is 6.65. The number of hydrogen-bond donors (Lipinski definition) is 0. The van der Waals surface area contributed by atoms with Gasteiger partial charge in [0.1, 0.15) is 5.92 Å². The molecule has 0 fully saturated rings. The average molecular weight is 155 g/mol. The van der Waals surface area contributed by atoms with Gasteiger partial charge in [-0.05, 0) is 12.7 Å². The molecule has 2 nitrogen and oxygen atoms in total. The van der Waals surface area contributed by atoms with E-state index in [1.54, 1.807) is 12.3 Å². The number of carbonyl (C=O) groups excluding carboxylic acids is 1.